The van der Waals surface area contributed by atoms with Crippen molar-refractivity contribution in [2.24, 2.45) is 0 Å². The molecular formula is C15H24N2O3. The lowest BCUT2D eigenvalue weighted by Gasteiger charge is -2.28. The number of benzene rings is 1. The summed E-state index contributed by atoms with van der Waals surface area (Å²) in [5.74, 6) is 0.785. The number of nitrogens with zero attached hydrogens (tertiary/aromatic N) is 1. The highest BCUT2D eigenvalue weighted by Crippen LogP contribution is 2.21. The molecule has 0 aliphatic rings. The van der Waals surface area contributed by atoms with Gasteiger partial charge < -0.3 is 20.1 Å². The van der Waals surface area contributed by atoms with Gasteiger partial charge in [-0.05, 0) is 51.5 Å². The highest BCUT2D eigenvalue weighted by molar-refractivity contribution is 5.89. The summed E-state index contributed by atoms with van der Waals surface area (Å²) in [4.78, 5) is 13.8. The maximum absolute atomic E-state index is 12.2. The Morgan fingerprint density at radius 1 is 1.40 bits per heavy atom. The predicted octanol–water partition coefficient (Wildman–Crippen LogP) is 2.63. The summed E-state index contributed by atoms with van der Waals surface area (Å²) in [7, 11) is 1.61. The van der Waals surface area contributed by atoms with Gasteiger partial charge in [0.25, 0.3) is 0 Å². The molecule has 20 heavy (non-hydrogen) atoms. The van der Waals surface area contributed by atoms with E-state index in [0.29, 0.717) is 12.2 Å². The van der Waals surface area contributed by atoms with Crippen LogP contribution in [0.2, 0.25) is 0 Å². The molecule has 0 saturated heterocycles. The van der Waals surface area contributed by atoms with Gasteiger partial charge in [0.05, 0.1) is 13.2 Å². The van der Waals surface area contributed by atoms with Crippen LogP contribution in [0.1, 0.15) is 26.3 Å². The van der Waals surface area contributed by atoms with Crippen molar-refractivity contribution in [3.05, 3.63) is 23.8 Å². The Hall–Kier alpha value is -1.75. The van der Waals surface area contributed by atoms with Crippen molar-refractivity contribution in [3.63, 3.8) is 0 Å². The summed E-state index contributed by atoms with van der Waals surface area (Å²) in [5.41, 5.74) is 1.67. The second kappa shape index (κ2) is 7.14. The zero-order chi connectivity index (χ0) is 15.3. The zero-order valence-electron chi connectivity index (χ0n) is 12.8. The number of hydrogen-bond donors (Lipinski definition) is 2. The molecule has 1 rings (SSSR count). The van der Waals surface area contributed by atoms with Crippen LogP contribution >= 0.6 is 0 Å². The van der Waals surface area contributed by atoms with Crippen LogP contribution in [-0.2, 0) is 0 Å². The molecule has 0 fully saturated rings. The maximum Gasteiger partial charge on any atom is 0.322 e. The normalized spacial score (nSPS) is 12.2. The van der Waals surface area contributed by atoms with Gasteiger partial charge in [0.1, 0.15) is 5.75 Å². The number of carbonyl (C=O) groups is 1. The van der Waals surface area contributed by atoms with Crippen LogP contribution in [0, 0.1) is 6.92 Å². The molecule has 0 spiro atoms. The molecule has 0 aliphatic carbocycles. The molecule has 1 unspecified atom stereocenters. The SMILES string of the molecule is COc1ccc(NC(=O)N(CC(C)O)C(C)C)cc1C. The number of anilines is 1. The number of nitrogens with one attached hydrogen (secondary N) is 1. The average molecular weight is 280 g/mol. The molecule has 5 heteroatoms. The third kappa shape index (κ3) is 4.42. The van der Waals surface area contributed by atoms with Crippen molar-refractivity contribution >= 4 is 11.7 Å². The highest BCUT2D eigenvalue weighted by Gasteiger charge is 2.18. The van der Waals surface area contributed by atoms with Gasteiger partial charge >= 0.3 is 6.03 Å². The number of hydrogen-bond acceptors (Lipinski definition) is 3. The van der Waals surface area contributed by atoms with Gasteiger partial charge in [-0.15, -0.1) is 0 Å². The van der Waals surface area contributed by atoms with Gasteiger partial charge in [0, 0.05) is 18.3 Å². The molecule has 0 bridgehead atoms. The molecule has 0 aliphatic heterocycles. The van der Waals surface area contributed by atoms with Gasteiger partial charge in [0.15, 0.2) is 0 Å². The van der Waals surface area contributed by atoms with Gasteiger partial charge in [0.2, 0.25) is 0 Å². The van der Waals surface area contributed by atoms with E-state index in [1.54, 1.807) is 25.0 Å². The van der Waals surface area contributed by atoms with Gasteiger partial charge in [-0.3, -0.25) is 0 Å². The summed E-state index contributed by atoms with van der Waals surface area (Å²) in [5, 5.41) is 12.3. The zero-order valence-corrected chi connectivity index (χ0v) is 12.8. The fourth-order valence-corrected chi connectivity index (χ4v) is 1.96. The molecule has 0 aromatic heterocycles. The number of aliphatic hydroxyl groups excluding tert-OH is 1. The Morgan fingerprint density at radius 2 is 2.05 bits per heavy atom. The van der Waals surface area contributed by atoms with Crippen LogP contribution in [0.3, 0.4) is 0 Å². The quantitative estimate of drug-likeness (QED) is 0.871. The molecular weight excluding hydrogens is 256 g/mol. The number of ether oxygens (including phenoxy) is 1. The van der Waals surface area contributed by atoms with E-state index in [1.165, 1.54) is 0 Å². The summed E-state index contributed by atoms with van der Waals surface area (Å²) in [6.45, 7) is 7.73. The molecule has 2 amide bonds. The lowest BCUT2D eigenvalue weighted by molar-refractivity contribution is 0.125. The fourth-order valence-electron chi connectivity index (χ4n) is 1.96. The third-order valence-electron chi connectivity index (χ3n) is 2.99. The molecule has 5 nitrogen and oxygen atoms in total. The smallest absolute Gasteiger partial charge is 0.322 e. The van der Waals surface area contributed by atoms with Gasteiger partial charge in [-0.25, -0.2) is 4.79 Å². The van der Waals surface area contributed by atoms with Crippen LogP contribution in [0.15, 0.2) is 18.2 Å². The molecule has 0 saturated carbocycles. The number of rotatable bonds is 5. The lowest BCUT2D eigenvalue weighted by Crippen LogP contribution is -2.43. The summed E-state index contributed by atoms with van der Waals surface area (Å²) < 4.78 is 5.19. The Kier molecular flexibility index (Phi) is 5.82. The average Bonchev–Trinajstić information content (AvgIpc) is 2.35. The number of urea groups is 1. The van der Waals surface area contributed by atoms with Crippen molar-refractivity contribution in [2.45, 2.75) is 39.8 Å². The molecule has 1 aromatic carbocycles. The number of amides is 2. The van der Waals surface area contributed by atoms with Crippen LogP contribution in [0.25, 0.3) is 0 Å². The Morgan fingerprint density at radius 3 is 2.50 bits per heavy atom. The van der Waals surface area contributed by atoms with E-state index in [9.17, 15) is 9.90 Å². The standard InChI is InChI=1S/C15H24N2O3/c1-10(2)17(9-12(4)18)15(19)16-13-6-7-14(20-5)11(3)8-13/h6-8,10,12,18H,9H2,1-5H3,(H,16,19). The maximum atomic E-state index is 12.2. The first kappa shape index (κ1) is 16.3. The first-order valence-corrected chi connectivity index (χ1v) is 6.75. The van der Waals surface area contributed by atoms with Gasteiger partial charge in [-0.2, -0.15) is 0 Å². The topological polar surface area (TPSA) is 61.8 Å². The molecule has 0 heterocycles. The van der Waals surface area contributed by atoms with Crippen molar-refractivity contribution in [1.82, 2.24) is 4.90 Å². The molecule has 1 atom stereocenters. The van der Waals surface area contributed by atoms with Crippen LogP contribution in [-0.4, -0.2) is 41.8 Å². The second-order valence-electron chi connectivity index (χ2n) is 5.21. The molecule has 2 N–H and O–H groups in total. The number of methoxy groups -OCH3 is 1. The van der Waals surface area contributed by atoms with E-state index < -0.39 is 6.10 Å². The van der Waals surface area contributed by atoms with Gasteiger partial charge in [-0.1, -0.05) is 0 Å². The number of aliphatic hydroxyl groups is 1. The molecule has 112 valence electrons. The van der Waals surface area contributed by atoms with E-state index in [2.05, 4.69) is 5.32 Å². The van der Waals surface area contributed by atoms with E-state index in [0.717, 1.165) is 11.3 Å². The predicted molar refractivity (Wildman–Crippen MR) is 80.3 cm³/mol. The second-order valence-corrected chi connectivity index (χ2v) is 5.21. The van der Waals surface area contributed by atoms with Crippen molar-refractivity contribution < 1.29 is 14.6 Å². The Labute approximate surface area is 120 Å². The fraction of sp³-hybridized carbons (Fsp3) is 0.533. The largest absolute Gasteiger partial charge is 0.496 e. The first-order valence-electron chi connectivity index (χ1n) is 6.75. The van der Waals surface area contributed by atoms with Crippen LogP contribution < -0.4 is 10.1 Å². The Bertz CT molecular complexity index is 458. The van der Waals surface area contributed by atoms with Crippen molar-refractivity contribution in [3.8, 4) is 5.75 Å². The minimum absolute atomic E-state index is 0.0175. The first-order chi connectivity index (χ1) is 9.35. The van der Waals surface area contributed by atoms with Crippen LogP contribution in [0.4, 0.5) is 10.5 Å². The summed E-state index contributed by atoms with van der Waals surface area (Å²) in [6.07, 6.45) is -0.555. The van der Waals surface area contributed by atoms with E-state index in [-0.39, 0.29) is 12.1 Å². The minimum Gasteiger partial charge on any atom is -0.496 e. The van der Waals surface area contributed by atoms with Crippen LogP contribution in [0.5, 0.6) is 5.75 Å². The van der Waals surface area contributed by atoms with Crippen molar-refractivity contribution in [1.29, 1.82) is 0 Å². The molecule has 0 radical (unpaired) electrons. The van der Waals surface area contributed by atoms with E-state index >= 15 is 0 Å². The monoisotopic (exact) mass is 280 g/mol. The number of carbonyl (C=O) groups excluding carboxylic acids is 1. The third-order valence-corrected chi connectivity index (χ3v) is 2.99. The summed E-state index contributed by atoms with van der Waals surface area (Å²) in [6, 6.07) is 5.27. The van der Waals surface area contributed by atoms with E-state index in [1.807, 2.05) is 32.9 Å². The van der Waals surface area contributed by atoms with Crippen molar-refractivity contribution in [2.75, 3.05) is 19.0 Å². The highest BCUT2D eigenvalue weighted by atomic mass is 16.5. The summed E-state index contributed by atoms with van der Waals surface area (Å²) >= 11 is 0. The molecule has 1 aromatic rings. The minimum atomic E-state index is -0.555. The number of aryl methyl sites for hydroxylation is 1. The van der Waals surface area contributed by atoms with E-state index in [4.69, 9.17) is 4.74 Å². The lowest BCUT2D eigenvalue weighted by atomic mass is 10.2. The Balaban J connectivity index is 2.80.